The van der Waals surface area contributed by atoms with E-state index in [4.69, 9.17) is 0 Å². The number of anilines is 1. The number of hydrogen-bond acceptors (Lipinski definition) is 6. The summed E-state index contributed by atoms with van der Waals surface area (Å²) in [6.45, 7) is 2.56. The lowest BCUT2D eigenvalue weighted by molar-refractivity contribution is -0.386. The van der Waals surface area contributed by atoms with Crippen LogP contribution in [0, 0.1) is 17.0 Å². The van der Waals surface area contributed by atoms with Crippen LogP contribution in [0.15, 0.2) is 29.3 Å². The van der Waals surface area contributed by atoms with Crippen LogP contribution in [0.4, 0.5) is 11.4 Å². The molecule has 24 heavy (non-hydrogen) atoms. The van der Waals surface area contributed by atoms with Crippen LogP contribution >= 0.6 is 0 Å². The Morgan fingerprint density at radius 2 is 2.17 bits per heavy atom. The van der Waals surface area contributed by atoms with Crippen LogP contribution in [0.3, 0.4) is 0 Å². The summed E-state index contributed by atoms with van der Waals surface area (Å²) in [5, 5.41) is 14.6. The fourth-order valence-electron chi connectivity index (χ4n) is 3.05. The smallest absolute Gasteiger partial charge is 0.310 e. The van der Waals surface area contributed by atoms with Gasteiger partial charge in [-0.3, -0.25) is 10.1 Å². The molecule has 8 nitrogen and oxygen atoms in total. The predicted octanol–water partition coefficient (Wildman–Crippen LogP) is 1.93. The zero-order valence-electron chi connectivity index (χ0n) is 13.4. The van der Waals surface area contributed by atoms with E-state index < -0.39 is 20.4 Å². The fraction of sp³-hybridized carbons (Fsp3) is 0.400. The standard InChI is InChI=1S/C15H18N4O4S/c1-10-8-18-9-11(6-7-14(18)16-10)17-12-4-3-5-13(24(2,22)23)15(12)19(20)21/h3-5,8,11,17H,6-7,9H2,1-2H3. The molecule has 0 bridgehead atoms. The molecule has 2 aromatic rings. The molecule has 3 rings (SSSR count). The third-order valence-electron chi connectivity index (χ3n) is 4.05. The van der Waals surface area contributed by atoms with Gasteiger partial charge in [0.1, 0.15) is 16.4 Å². The van der Waals surface area contributed by atoms with Gasteiger partial charge in [0.25, 0.3) is 0 Å². The van der Waals surface area contributed by atoms with Gasteiger partial charge in [0.15, 0.2) is 9.84 Å². The summed E-state index contributed by atoms with van der Waals surface area (Å²) in [5.74, 6) is 1.00. The number of rotatable bonds is 4. The number of benzene rings is 1. The normalized spacial score (nSPS) is 17.3. The fourth-order valence-corrected chi connectivity index (χ4v) is 3.91. The number of imidazole rings is 1. The molecule has 1 aromatic heterocycles. The molecule has 0 saturated carbocycles. The second kappa shape index (κ2) is 5.90. The van der Waals surface area contributed by atoms with Crippen molar-refractivity contribution < 1.29 is 13.3 Å². The molecule has 1 aromatic carbocycles. The summed E-state index contributed by atoms with van der Waals surface area (Å²) in [6, 6.07) is 4.29. The molecule has 0 saturated heterocycles. The van der Waals surface area contributed by atoms with E-state index in [1.807, 2.05) is 17.7 Å². The van der Waals surface area contributed by atoms with Gasteiger partial charge in [-0.15, -0.1) is 0 Å². The molecule has 0 amide bonds. The maximum absolute atomic E-state index is 11.8. The van der Waals surface area contributed by atoms with Crippen LogP contribution in [-0.4, -0.2) is 35.2 Å². The molecular weight excluding hydrogens is 332 g/mol. The molecule has 1 aliphatic rings. The monoisotopic (exact) mass is 350 g/mol. The van der Waals surface area contributed by atoms with Crippen LogP contribution < -0.4 is 5.32 Å². The van der Waals surface area contributed by atoms with Crippen LogP contribution in [0.1, 0.15) is 17.9 Å². The molecule has 0 fully saturated rings. The Morgan fingerprint density at radius 1 is 1.42 bits per heavy atom. The highest BCUT2D eigenvalue weighted by atomic mass is 32.2. The lowest BCUT2D eigenvalue weighted by atomic mass is 10.1. The van der Waals surface area contributed by atoms with E-state index >= 15 is 0 Å². The quantitative estimate of drug-likeness (QED) is 0.667. The Bertz CT molecular complexity index is 904. The molecular formula is C15H18N4O4S. The zero-order valence-corrected chi connectivity index (χ0v) is 14.2. The minimum Gasteiger partial charge on any atom is -0.375 e. The van der Waals surface area contributed by atoms with Crippen molar-refractivity contribution in [3.05, 3.63) is 46.0 Å². The highest BCUT2D eigenvalue weighted by molar-refractivity contribution is 7.90. The van der Waals surface area contributed by atoms with E-state index in [2.05, 4.69) is 10.3 Å². The minimum absolute atomic E-state index is 0.0281. The first kappa shape index (κ1) is 16.4. The number of para-hydroxylation sites is 1. The highest BCUT2D eigenvalue weighted by Gasteiger charge is 2.28. The summed E-state index contributed by atoms with van der Waals surface area (Å²) in [5.41, 5.74) is 0.775. The number of aryl methyl sites for hydroxylation is 2. The minimum atomic E-state index is -3.68. The summed E-state index contributed by atoms with van der Waals surface area (Å²) in [6.07, 6.45) is 4.46. The number of fused-ring (bicyclic) bond motifs is 1. The maximum atomic E-state index is 11.8. The van der Waals surface area contributed by atoms with Crippen LogP contribution in [-0.2, 0) is 22.8 Å². The number of nitrogens with one attached hydrogen (secondary N) is 1. The second-order valence-electron chi connectivity index (χ2n) is 6.01. The van der Waals surface area contributed by atoms with Crippen molar-refractivity contribution in [2.24, 2.45) is 0 Å². The van der Waals surface area contributed by atoms with Crippen LogP contribution in [0.2, 0.25) is 0 Å². The van der Waals surface area contributed by atoms with Crippen LogP contribution in [0.5, 0.6) is 0 Å². The molecule has 2 heterocycles. The van der Waals surface area contributed by atoms with Gasteiger partial charge >= 0.3 is 5.69 Å². The highest BCUT2D eigenvalue weighted by Crippen LogP contribution is 2.33. The molecule has 9 heteroatoms. The number of nitro benzene ring substituents is 1. The third kappa shape index (κ3) is 3.12. The third-order valence-corrected chi connectivity index (χ3v) is 5.18. The lowest BCUT2D eigenvalue weighted by Gasteiger charge is -2.25. The van der Waals surface area contributed by atoms with Gasteiger partial charge in [0.05, 0.1) is 10.6 Å². The summed E-state index contributed by atoms with van der Waals surface area (Å²) in [4.78, 5) is 14.9. The molecule has 1 atom stereocenters. The van der Waals surface area contributed by atoms with Gasteiger partial charge < -0.3 is 9.88 Å². The number of nitrogens with zero attached hydrogens (tertiary/aromatic N) is 3. The first-order valence-corrected chi connectivity index (χ1v) is 9.41. The van der Waals surface area contributed by atoms with Crippen molar-refractivity contribution in [1.29, 1.82) is 0 Å². The van der Waals surface area contributed by atoms with Gasteiger partial charge in [0, 0.05) is 31.5 Å². The topological polar surface area (TPSA) is 107 Å². The number of nitro groups is 1. The Kier molecular flexibility index (Phi) is 4.04. The molecule has 0 aliphatic carbocycles. The van der Waals surface area contributed by atoms with Crippen molar-refractivity contribution in [3.8, 4) is 0 Å². The molecule has 128 valence electrons. The SMILES string of the molecule is Cc1cn2c(n1)CCC(Nc1cccc(S(C)(=O)=O)c1[N+](=O)[O-])C2. The Morgan fingerprint density at radius 3 is 2.83 bits per heavy atom. The largest absolute Gasteiger partial charge is 0.375 e. The van der Waals surface area contributed by atoms with Crippen molar-refractivity contribution >= 4 is 21.2 Å². The molecule has 1 unspecified atom stereocenters. The van der Waals surface area contributed by atoms with E-state index in [1.54, 1.807) is 6.07 Å². The number of aromatic nitrogens is 2. The lowest BCUT2D eigenvalue weighted by Crippen LogP contribution is -2.31. The van der Waals surface area contributed by atoms with Crippen LogP contribution in [0.25, 0.3) is 0 Å². The predicted molar refractivity (Wildman–Crippen MR) is 88.9 cm³/mol. The van der Waals surface area contributed by atoms with Crippen molar-refractivity contribution in [2.45, 2.75) is 37.2 Å². The number of sulfone groups is 1. The van der Waals surface area contributed by atoms with Crippen molar-refractivity contribution in [1.82, 2.24) is 9.55 Å². The Hall–Kier alpha value is -2.42. The summed E-state index contributed by atoms with van der Waals surface area (Å²) in [7, 11) is -3.68. The first-order valence-electron chi connectivity index (χ1n) is 7.52. The molecule has 1 N–H and O–H groups in total. The maximum Gasteiger partial charge on any atom is 0.310 e. The first-order chi connectivity index (χ1) is 11.3. The average molecular weight is 350 g/mol. The molecule has 0 radical (unpaired) electrons. The molecule has 0 spiro atoms. The van der Waals surface area contributed by atoms with Crippen molar-refractivity contribution in [3.63, 3.8) is 0 Å². The molecule has 1 aliphatic heterocycles. The van der Waals surface area contributed by atoms with E-state index in [9.17, 15) is 18.5 Å². The van der Waals surface area contributed by atoms with Gasteiger partial charge in [-0.05, 0) is 25.5 Å². The number of hydrogen-bond donors (Lipinski definition) is 1. The van der Waals surface area contributed by atoms with E-state index in [0.717, 1.165) is 30.6 Å². The van der Waals surface area contributed by atoms with Gasteiger partial charge in [0.2, 0.25) is 0 Å². The Balaban J connectivity index is 1.92. The summed E-state index contributed by atoms with van der Waals surface area (Å²) >= 11 is 0. The van der Waals surface area contributed by atoms with E-state index in [-0.39, 0.29) is 16.6 Å². The second-order valence-corrected chi connectivity index (χ2v) is 8.00. The Labute approximate surface area is 139 Å². The van der Waals surface area contributed by atoms with E-state index in [0.29, 0.717) is 6.54 Å². The van der Waals surface area contributed by atoms with Gasteiger partial charge in [-0.1, -0.05) is 6.07 Å². The van der Waals surface area contributed by atoms with Crippen molar-refractivity contribution in [2.75, 3.05) is 11.6 Å². The van der Waals surface area contributed by atoms with Gasteiger partial charge in [-0.25, -0.2) is 13.4 Å². The zero-order chi connectivity index (χ0) is 17.5. The summed E-state index contributed by atoms with van der Waals surface area (Å²) < 4.78 is 25.7. The van der Waals surface area contributed by atoms with Gasteiger partial charge in [-0.2, -0.15) is 0 Å². The van der Waals surface area contributed by atoms with E-state index in [1.165, 1.54) is 12.1 Å². The average Bonchev–Trinajstić information content (AvgIpc) is 2.85.